The Morgan fingerprint density at radius 1 is 1.17 bits per heavy atom. The van der Waals surface area contributed by atoms with Crippen LogP contribution in [0.2, 0.25) is 0 Å². The molecule has 0 aliphatic rings. The van der Waals surface area contributed by atoms with E-state index in [0.717, 1.165) is 5.69 Å². The monoisotopic (exact) mass is 389 g/mol. The largest absolute Gasteiger partial charge is 0.345 e. The number of benzene rings is 2. The van der Waals surface area contributed by atoms with Crippen molar-refractivity contribution in [3.8, 4) is 0 Å². The summed E-state index contributed by atoms with van der Waals surface area (Å²) in [6.07, 6.45) is 3.65. The fraction of sp³-hybridized carbons (Fsp3) is 0.174. The van der Waals surface area contributed by atoms with Crippen LogP contribution in [-0.4, -0.2) is 26.8 Å². The van der Waals surface area contributed by atoms with Crippen molar-refractivity contribution in [3.05, 3.63) is 112 Å². The molecule has 1 aromatic heterocycles. The Labute approximate surface area is 169 Å². The molecule has 6 nitrogen and oxygen atoms in total. The van der Waals surface area contributed by atoms with Crippen molar-refractivity contribution in [2.45, 2.75) is 20.0 Å². The molecule has 0 saturated carbocycles. The highest BCUT2D eigenvalue weighted by Gasteiger charge is 2.19. The third-order valence-corrected chi connectivity index (χ3v) is 4.82. The van der Waals surface area contributed by atoms with Crippen molar-refractivity contribution in [3.63, 3.8) is 0 Å². The number of carbonyl (C=O) groups excluding carboxylic acids is 1. The zero-order chi connectivity index (χ0) is 20.8. The standard InChI is InChI=1S/C23H23N3O3/c1-3-13-25(23(27)19-10-6-11-21(15-19)26(28)29)17-22-12-7-14-24(22)16-20-9-5-4-8-18(20)2/h3-12,14-15H,1,13,16-17H2,2H3. The van der Waals surface area contributed by atoms with Gasteiger partial charge in [-0.1, -0.05) is 36.4 Å². The number of nitro groups is 1. The molecule has 1 amide bonds. The van der Waals surface area contributed by atoms with Crippen LogP contribution >= 0.6 is 0 Å². The predicted molar refractivity (Wildman–Crippen MR) is 113 cm³/mol. The SMILES string of the molecule is C=CCN(Cc1cccn1Cc1ccccc1C)C(=O)c1cccc([N+](=O)[O-])c1. The van der Waals surface area contributed by atoms with Gasteiger partial charge in [-0.3, -0.25) is 14.9 Å². The third-order valence-electron chi connectivity index (χ3n) is 4.82. The lowest BCUT2D eigenvalue weighted by atomic mass is 10.1. The molecule has 6 heteroatoms. The Bertz CT molecular complexity index is 1040. The lowest BCUT2D eigenvalue weighted by molar-refractivity contribution is -0.384. The molecule has 0 aliphatic heterocycles. The Hall–Kier alpha value is -3.67. The van der Waals surface area contributed by atoms with Gasteiger partial charge in [0.05, 0.1) is 11.5 Å². The fourth-order valence-corrected chi connectivity index (χ4v) is 3.22. The van der Waals surface area contributed by atoms with E-state index in [-0.39, 0.29) is 17.2 Å². The van der Waals surface area contributed by atoms with Crippen LogP contribution < -0.4 is 0 Å². The van der Waals surface area contributed by atoms with Gasteiger partial charge in [-0.15, -0.1) is 6.58 Å². The first kappa shape index (κ1) is 20.1. The summed E-state index contributed by atoms with van der Waals surface area (Å²) in [7, 11) is 0. The van der Waals surface area contributed by atoms with Crippen molar-refractivity contribution in [1.29, 1.82) is 0 Å². The summed E-state index contributed by atoms with van der Waals surface area (Å²) in [5.74, 6) is -0.266. The van der Waals surface area contributed by atoms with Crippen LogP contribution in [0.3, 0.4) is 0 Å². The van der Waals surface area contributed by atoms with Gasteiger partial charge < -0.3 is 9.47 Å². The number of amides is 1. The molecule has 148 valence electrons. The molecular formula is C23H23N3O3. The first-order chi connectivity index (χ1) is 14.0. The second kappa shape index (κ2) is 9.01. The highest BCUT2D eigenvalue weighted by molar-refractivity contribution is 5.94. The first-order valence-corrected chi connectivity index (χ1v) is 9.32. The summed E-state index contributed by atoms with van der Waals surface area (Å²) in [6.45, 7) is 7.26. The molecule has 0 spiro atoms. The van der Waals surface area contributed by atoms with E-state index in [9.17, 15) is 14.9 Å². The van der Waals surface area contributed by atoms with E-state index in [1.165, 1.54) is 29.3 Å². The molecule has 0 aliphatic carbocycles. The normalized spacial score (nSPS) is 10.5. The van der Waals surface area contributed by atoms with Gasteiger partial charge in [-0.2, -0.15) is 0 Å². The second-order valence-electron chi connectivity index (χ2n) is 6.84. The van der Waals surface area contributed by atoms with Crippen molar-refractivity contribution in [2.75, 3.05) is 6.54 Å². The van der Waals surface area contributed by atoms with Crippen LogP contribution in [0.4, 0.5) is 5.69 Å². The van der Waals surface area contributed by atoms with Gasteiger partial charge in [0.1, 0.15) is 0 Å². The molecule has 0 N–H and O–H groups in total. The quantitative estimate of drug-likeness (QED) is 0.322. The van der Waals surface area contributed by atoms with Crippen LogP contribution in [0.1, 0.15) is 27.2 Å². The lowest BCUT2D eigenvalue weighted by Crippen LogP contribution is -2.31. The smallest absolute Gasteiger partial charge is 0.270 e. The molecule has 2 aromatic carbocycles. The van der Waals surface area contributed by atoms with Gasteiger partial charge in [0.2, 0.25) is 0 Å². The van der Waals surface area contributed by atoms with E-state index in [1.807, 2.05) is 30.5 Å². The molecule has 0 bridgehead atoms. The van der Waals surface area contributed by atoms with E-state index in [2.05, 4.69) is 30.2 Å². The molecule has 3 aromatic rings. The van der Waals surface area contributed by atoms with Gasteiger partial charge >= 0.3 is 0 Å². The average Bonchev–Trinajstić information content (AvgIpc) is 3.15. The summed E-state index contributed by atoms with van der Waals surface area (Å²) in [5.41, 5.74) is 3.59. The van der Waals surface area contributed by atoms with Crippen LogP contribution in [0.15, 0.2) is 79.5 Å². The summed E-state index contributed by atoms with van der Waals surface area (Å²) >= 11 is 0. The number of carbonyl (C=O) groups is 1. The Kier molecular flexibility index (Phi) is 6.24. The number of hydrogen-bond acceptors (Lipinski definition) is 3. The summed E-state index contributed by atoms with van der Waals surface area (Å²) in [6, 6.07) is 17.9. The first-order valence-electron chi connectivity index (χ1n) is 9.32. The van der Waals surface area contributed by atoms with Gasteiger partial charge in [0.25, 0.3) is 11.6 Å². The van der Waals surface area contributed by atoms with Crippen LogP contribution in [-0.2, 0) is 13.1 Å². The molecule has 0 fully saturated rings. The number of aromatic nitrogens is 1. The molecule has 0 radical (unpaired) electrons. The highest BCUT2D eigenvalue weighted by Crippen LogP contribution is 2.18. The topological polar surface area (TPSA) is 68.4 Å². The van der Waals surface area contributed by atoms with Gasteiger partial charge in [-0.05, 0) is 36.2 Å². The molecule has 0 unspecified atom stereocenters. The average molecular weight is 389 g/mol. The third kappa shape index (κ3) is 4.79. The number of rotatable bonds is 8. The van der Waals surface area contributed by atoms with E-state index >= 15 is 0 Å². The van der Waals surface area contributed by atoms with Crippen LogP contribution in [0.25, 0.3) is 0 Å². The second-order valence-corrected chi connectivity index (χ2v) is 6.84. The number of nitrogens with zero attached hydrogens (tertiary/aromatic N) is 3. The minimum absolute atomic E-state index is 0.0997. The zero-order valence-electron chi connectivity index (χ0n) is 16.3. The molecule has 3 rings (SSSR count). The highest BCUT2D eigenvalue weighted by atomic mass is 16.6. The minimum Gasteiger partial charge on any atom is -0.345 e. The molecule has 0 saturated heterocycles. The van der Waals surface area contributed by atoms with Crippen LogP contribution in [0.5, 0.6) is 0 Å². The van der Waals surface area contributed by atoms with Gasteiger partial charge in [0.15, 0.2) is 0 Å². The van der Waals surface area contributed by atoms with E-state index in [0.29, 0.717) is 19.6 Å². The van der Waals surface area contributed by atoms with E-state index in [4.69, 9.17) is 0 Å². The maximum Gasteiger partial charge on any atom is 0.270 e. The molecule has 0 atom stereocenters. The minimum atomic E-state index is -0.498. The van der Waals surface area contributed by atoms with Crippen LogP contribution in [0, 0.1) is 17.0 Å². The molecule has 29 heavy (non-hydrogen) atoms. The van der Waals surface area contributed by atoms with Crippen molar-refractivity contribution < 1.29 is 9.72 Å². The number of hydrogen-bond donors (Lipinski definition) is 0. The summed E-state index contributed by atoms with van der Waals surface area (Å²) in [5, 5.41) is 11.0. The summed E-state index contributed by atoms with van der Waals surface area (Å²) < 4.78 is 2.11. The Morgan fingerprint density at radius 2 is 1.97 bits per heavy atom. The lowest BCUT2D eigenvalue weighted by Gasteiger charge is -2.22. The predicted octanol–water partition coefficient (Wildman–Crippen LogP) is 4.58. The van der Waals surface area contributed by atoms with Crippen molar-refractivity contribution in [2.24, 2.45) is 0 Å². The maximum absolute atomic E-state index is 13.0. The van der Waals surface area contributed by atoms with E-state index in [1.54, 1.807) is 17.0 Å². The molecular weight excluding hydrogens is 366 g/mol. The Balaban J connectivity index is 1.83. The van der Waals surface area contributed by atoms with Gasteiger partial charge in [0, 0.05) is 42.7 Å². The fourth-order valence-electron chi connectivity index (χ4n) is 3.22. The van der Waals surface area contributed by atoms with Gasteiger partial charge in [-0.25, -0.2) is 0 Å². The van der Waals surface area contributed by atoms with E-state index < -0.39 is 4.92 Å². The summed E-state index contributed by atoms with van der Waals surface area (Å²) in [4.78, 5) is 25.2. The number of non-ortho nitro benzene ring substituents is 1. The van der Waals surface area contributed by atoms with Crippen molar-refractivity contribution in [1.82, 2.24) is 9.47 Å². The maximum atomic E-state index is 13.0. The zero-order valence-corrected chi connectivity index (χ0v) is 16.3. The molecule has 1 heterocycles. The Morgan fingerprint density at radius 3 is 2.69 bits per heavy atom. The van der Waals surface area contributed by atoms with Crippen molar-refractivity contribution >= 4 is 11.6 Å². The number of aryl methyl sites for hydroxylation is 1. The number of nitro benzene ring substituents is 1.